The molecule has 3 unspecified atom stereocenters. The molecule has 0 spiro atoms. The molecule has 1 saturated heterocycles. The number of hydrogen-bond donors (Lipinski definition) is 1. The molecular formula is C27H45F6N5O. The van der Waals surface area contributed by atoms with Crippen molar-refractivity contribution in [1.29, 1.82) is 0 Å². The number of likely N-dealkylation sites (N-methyl/N-ethyl adjacent to an activating group) is 1. The summed E-state index contributed by atoms with van der Waals surface area (Å²) in [6.45, 7) is 6.61. The van der Waals surface area contributed by atoms with Crippen molar-refractivity contribution in [3.63, 3.8) is 0 Å². The van der Waals surface area contributed by atoms with Gasteiger partial charge in [0.05, 0.1) is 17.9 Å². The zero-order valence-electron chi connectivity index (χ0n) is 23.4. The fourth-order valence-corrected chi connectivity index (χ4v) is 6.60. The van der Waals surface area contributed by atoms with E-state index in [4.69, 9.17) is 5.73 Å². The van der Waals surface area contributed by atoms with E-state index in [1.807, 2.05) is 18.7 Å². The Labute approximate surface area is 228 Å². The number of amides is 1. The van der Waals surface area contributed by atoms with Gasteiger partial charge in [0.1, 0.15) is 0 Å². The van der Waals surface area contributed by atoms with Gasteiger partial charge in [-0.05, 0) is 64.2 Å². The second-order valence-electron chi connectivity index (χ2n) is 12.0. The van der Waals surface area contributed by atoms with Gasteiger partial charge in [0.15, 0.2) is 5.96 Å². The molecule has 0 aromatic heterocycles. The van der Waals surface area contributed by atoms with Crippen LogP contribution in [0.25, 0.3) is 0 Å². The van der Waals surface area contributed by atoms with Crippen LogP contribution in [-0.4, -0.2) is 90.8 Å². The second-order valence-corrected chi connectivity index (χ2v) is 12.0. The SMILES string of the molecule is CC(C)N=C(N)N1CCN(C(C(=O)N(C)CCC2CC(C(F)(F)F)CC(C(F)(F)F)C2)C2CCCCC2)CC1. The standard InChI is InChI=1S/C27H45F6N5O/c1-18(2)35-25(34)38-13-11-37(12-14-38)23(20-7-5-4-6-8-20)24(39)36(3)10-9-19-15-21(26(28,29)30)17-22(16-19)27(31,32)33/h18-23H,4-17H2,1-3H3,(H2,34,35). The molecule has 1 amide bonds. The van der Waals surface area contributed by atoms with Crippen molar-refractivity contribution >= 4 is 11.9 Å². The van der Waals surface area contributed by atoms with Crippen LogP contribution in [0.1, 0.15) is 71.6 Å². The van der Waals surface area contributed by atoms with Crippen LogP contribution in [0, 0.1) is 23.7 Å². The minimum absolute atomic E-state index is 0.0789. The van der Waals surface area contributed by atoms with Crippen molar-refractivity contribution in [2.75, 3.05) is 39.8 Å². The minimum atomic E-state index is -4.65. The normalized spacial score (nSPS) is 27.6. The van der Waals surface area contributed by atoms with Crippen molar-refractivity contribution in [2.45, 2.75) is 96.1 Å². The predicted molar refractivity (Wildman–Crippen MR) is 139 cm³/mol. The summed E-state index contributed by atoms with van der Waals surface area (Å²) in [7, 11) is 1.63. The third-order valence-corrected chi connectivity index (χ3v) is 8.75. The first-order valence-electron chi connectivity index (χ1n) is 14.4. The van der Waals surface area contributed by atoms with Gasteiger partial charge in [-0.15, -0.1) is 0 Å². The summed E-state index contributed by atoms with van der Waals surface area (Å²) in [5.41, 5.74) is 6.15. The van der Waals surface area contributed by atoms with Crippen LogP contribution in [-0.2, 0) is 4.79 Å². The number of nitrogens with zero attached hydrogens (tertiary/aromatic N) is 4. The molecule has 0 bridgehead atoms. The summed E-state index contributed by atoms with van der Waals surface area (Å²) in [5, 5.41) is 0. The smallest absolute Gasteiger partial charge is 0.370 e. The van der Waals surface area contributed by atoms with Crippen LogP contribution >= 0.6 is 0 Å². The highest BCUT2D eigenvalue weighted by Gasteiger charge is 2.51. The summed E-state index contributed by atoms with van der Waals surface area (Å²) in [4.78, 5) is 23.9. The molecule has 3 fully saturated rings. The maximum Gasteiger partial charge on any atom is 0.391 e. The van der Waals surface area contributed by atoms with Gasteiger partial charge < -0.3 is 15.5 Å². The van der Waals surface area contributed by atoms with Gasteiger partial charge in [0.2, 0.25) is 5.91 Å². The molecular weight excluding hydrogens is 524 g/mol. The largest absolute Gasteiger partial charge is 0.391 e. The highest BCUT2D eigenvalue weighted by atomic mass is 19.4. The second kappa shape index (κ2) is 13.3. The van der Waals surface area contributed by atoms with E-state index in [0.29, 0.717) is 32.1 Å². The van der Waals surface area contributed by atoms with Crippen LogP contribution in [0.15, 0.2) is 4.99 Å². The lowest BCUT2D eigenvalue weighted by Gasteiger charge is -2.44. The van der Waals surface area contributed by atoms with Crippen molar-refractivity contribution in [2.24, 2.45) is 34.4 Å². The zero-order chi connectivity index (χ0) is 29.0. The van der Waals surface area contributed by atoms with Crippen LogP contribution in [0.5, 0.6) is 0 Å². The zero-order valence-corrected chi connectivity index (χ0v) is 23.4. The molecule has 2 aliphatic carbocycles. The van der Waals surface area contributed by atoms with E-state index in [9.17, 15) is 31.1 Å². The minimum Gasteiger partial charge on any atom is -0.370 e. The molecule has 1 heterocycles. The van der Waals surface area contributed by atoms with Crippen molar-refractivity contribution in [1.82, 2.24) is 14.7 Å². The fraction of sp³-hybridized carbons (Fsp3) is 0.926. The number of carbonyl (C=O) groups excluding carboxylic acids is 1. The molecule has 0 aromatic carbocycles. The van der Waals surface area contributed by atoms with Gasteiger partial charge in [0, 0.05) is 45.8 Å². The van der Waals surface area contributed by atoms with Gasteiger partial charge >= 0.3 is 12.4 Å². The molecule has 3 aliphatic rings. The lowest BCUT2D eigenvalue weighted by atomic mass is 9.73. The van der Waals surface area contributed by atoms with Crippen LogP contribution < -0.4 is 5.73 Å². The molecule has 226 valence electrons. The lowest BCUT2D eigenvalue weighted by Crippen LogP contribution is -2.59. The topological polar surface area (TPSA) is 65.2 Å². The number of alkyl halides is 6. The molecule has 12 heteroatoms. The number of guanidine groups is 1. The average Bonchev–Trinajstić information content (AvgIpc) is 2.86. The number of nitrogens with two attached hydrogens (primary N) is 1. The number of rotatable bonds is 7. The first-order chi connectivity index (χ1) is 18.2. The summed E-state index contributed by atoms with van der Waals surface area (Å²) in [5.74, 6) is -4.06. The summed E-state index contributed by atoms with van der Waals surface area (Å²) < 4.78 is 80.4. The molecule has 2 saturated carbocycles. The summed E-state index contributed by atoms with van der Waals surface area (Å²) in [6.07, 6.45) is -5.60. The van der Waals surface area contributed by atoms with E-state index in [1.165, 1.54) is 0 Å². The fourth-order valence-electron chi connectivity index (χ4n) is 6.60. The van der Waals surface area contributed by atoms with E-state index in [2.05, 4.69) is 9.89 Å². The third kappa shape index (κ3) is 8.88. The maximum absolute atomic E-state index is 13.8. The highest BCUT2D eigenvalue weighted by Crippen LogP contribution is 2.48. The van der Waals surface area contributed by atoms with E-state index in [-0.39, 0.29) is 49.7 Å². The predicted octanol–water partition coefficient (Wildman–Crippen LogP) is 5.28. The van der Waals surface area contributed by atoms with Gasteiger partial charge in [-0.2, -0.15) is 26.3 Å². The van der Waals surface area contributed by atoms with E-state index >= 15 is 0 Å². The molecule has 2 N–H and O–H groups in total. The Morgan fingerprint density at radius 1 is 0.923 bits per heavy atom. The van der Waals surface area contributed by atoms with E-state index in [0.717, 1.165) is 32.1 Å². The molecule has 1 aliphatic heterocycles. The van der Waals surface area contributed by atoms with Crippen LogP contribution in [0.2, 0.25) is 0 Å². The first-order valence-corrected chi connectivity index (χ1v) is 14.4. The monoisotopic (exact) mass is 569 g/mol. The first kappa shape index (κ1) is 31.8. The van der Waals surface area contributed by atoms with Gasteiger partial charge in [-0.1, -0.05) is 19.3 Å². The van der Waals surface area contributed by atoms with Crippen molar-refractivity contribution < 1.29 is 31.1 Å². The Hall–Kier alpha value is -1.72. The lowest BCUT2D eigenvalue weighted by molar-refractivity contribution is -0.229. The molecule has 0 aromatic rings. The Morgan fingerprint density at radius 2 is 1.46 bits per heavy atom. The molecule has 0 radical (unpaired) electrons. The molecule has 3 rings (SSSR count). The summed E-state index contributed by atoms with van der Waals surface area (Å²) in [6, 6.07) is -0.270. The Morgan fingerprint density at radius 3 is 1.95 bits per heavy atom. The Balaban J connectivity index is 1.66. The van der Waals surface area contributed by atoms with E-state index < -0.39 is 36.5 Å². The van der Waals surface area contributed by atoms with E-state index in [1.54, 1.807) is 11.9 Å². The van der Waals surface area contributed by atoms with Gasteiger partial charge in [0.25, 0.3) is 0 Å². The summed E-state index contributed by atoms with van der Waals surface area (Å²) >= 11 is 0. The molecule has 3 atom stereocenters. The number of carbonyl (C=O) groups is 1. The Bertz CT molecular complexity index is 796. The van der Waals surface area contributed by atoms with Crippen molar-refractivity contribution in [3.05, 3.63) is 0 Å². The maximum atomic E-state index is 13.8. The quantitative estimate of drug-likeness (QED) is 0.257. The van der Waals surface area contributed by atoms with Gasteiger partial charge in [-0.3, -0.25) is 14.7 Å². The number of halogens is 6. The number of piperazine rings is 1. The molecule has 39 heavy (non-hydrogen) atoms. The van der Waals surface area contributed by atoms with Crippen LogP contribution in [0.4, 0.5) is 26.3 Å². The Kier molecular flexibility index (Phi) is 10.8. The average molecular weight is 570 g/mol. The number of hydrogen-bond acceptors (Lipinski definition) is 3. The highest BCUT2D eigenvalue weighted by molar-refractivity contribution is 5.82. The van der Waals surface area contributed by atoms with Gasteiger partial charge in [-0.25, -0.2) is 0 Å². The molecule has 6 nitrogen and oxygen atoms in total. The number of aliphatic imine (C=N–C) groups is 1. The third-order valence-electron chi connectivity index (χ3n) is 8.75. The van der Waals surface area contributed by atoms with Crippen molar-refractivity contribution in [3.8, 4) is 0 Å². The van der Waals surface area contributed by atoms with Crippen LogP contribution in [0.3, 0.4) is 0 Å².